The van der Waals surface area contributed by atoms with Gasteiger partial charge in [-0.2, -0.15) is 0 Å². The van der Waals surface area contributed by atoms with Gasteiger partial charge >= 0.3 is 39.5 Å². The highest BCUT2D eigenvalue weighted by atomic mass is 31.2. The Morgan fingerprint density at radius 1 is 0.273 bits per heavy atom. The third-order valence-corrected chi connectivity index (χ3v) is 20.5. The van der Waals surface area contributed by atoms with Crippen molar-refractivity contribution < 1.29 is 80.2 Å². The first-order chi connectivity index (χ1) is 47.7. The zero-order valence-corrected chi connectivity index (χ0v) is 66.8. The van der Waals surface area contributed by atoms with Gasteiger partial charge < -0.3 is 33.8 Å². The van der Waals surface area contributed by atoms with E-state index in [-0.39, 0.29) is 25.7 Å². The molecule has 0 spiro atoms. The molecule has 0 aromatic heterocycles. The molecular formula is C80H156O17P2. The minimum Gasteiger partial charge on any atom is -0.462 e. The summed E-state index contributed by atoms with van der Waals surface area (Å²) in [6.45, 7) is 12.0. The van der Waals surface area contributed by atoms with E-state index in [1.165, 1.54) is 218 Å². The van der Waals surface area contributed by atoms with Gasteiger partial charge in [0.1, 0.15) is 19.3 Å². The molecule has 0 fully saturated rings. The minimum absolute atomic E-state index is 0.107. The van der Waals surface area contributed by atoms with Crippen LogP contribution in [0.25, 0.3) is 0 Å². The fraction of sp³-hybridized carbons (Fsp3) is 0.950. The summed E-state index contributed by atoms with van der Waals surface area (Å²) in [5, 5.41) is 10.6. The van der Waals surface area contributed by atoms with E-state index in [2.05, 4.69) is 48.5 Å². The SMILES string of the molecule is CCCCCCCCCCC(=O)OC[C@H](COP(=O)(O)OC[C@H](O)COP(=O)(O)OC[C@@H](COC(=O)CCCCCCCCCCCCCCCCC(C)C)OC(=O)CCCCCCCCCCCCCCCCC(C)C)OC(=O)CCCCCCCCCCCCCCCCC(C)C. The quantitative estimate of drug-likeness (QED) is 0.0222. The lowest BCUT2D eigenvalue weighted by atomic mass is 10.0. The predicted octanol–water partition coefficient (Wildman–Crippen LogP) is 23.7. The lowest BCUT2D eigenvalue weighted by Crippen LogP contribution is -2.30. The van der Waals surface area contributed by atoms with E-state index in [1.807, 2.05) is 0 Å². The van der Waals surface area contributed by atoms with Crippen molar-refractivity contribution in [1.29, 1.82) is 0 Å². The Labute approximate surface area is 607 Å². The second kappa shape index (κ2) is 70.4. The number of hydrogen-bond donors (Lipinski definition) is 3. The normalized spacial score (nSPS) is 14.0. The van der Waals surface area contributed by atoms with Gasteiger partial charge in [-0.25, -0.2) is 9.13 Å². The molecule has 0 aliphatic rings. The maximum Gasteiger partial charge on any atom is 0.472 e. The number of phosphoric ester groups is 2. The van der Waals surface area contributed by atoms with E-state index >= 15 is 0 Å². The Morgan fingerprint density at radius 2 is 0.465 bits per heavy atom. The van der Waals surface area contributed by atoms with Crippen LogP contribution in [0.2, 0.25) is 0 Å². The van der Waals surface area contributed by atoms with Crippen LogP contribution in [0.4, 0.5) is 0 Å². The van der Waals surface area contributed by atoms with Crippen molar-refractivity contribution >= 4 is 39.5 Å². The Bertz CT molecular complexity index is 1920. The molecule has 0 radical (unpaired) electrons. The number of unbranched alkanes of at least 4 members (excludes halogenated alkanes) is 46. The number of phosphoric acid groups is 2. The first-order valence-corrected chi connectivity index (χ1v) is 44.3. The van der Waals surface area contributed by atoms with Crippen molar-refractivity contribution in [1.82, 2.24) is 0 Å². The Balaban J connectivity index is 5.21. The standard InChI is InChI=1S/C80H156O17P2/c1-8-9-10-11-12-40-47-54-61-77(82)90-67-75(96-79(84)63-56-49-42-35-29-23-17-14-20-26-32-38-45-52-59-72(4)5)69-94-98(86,87)92-65-74(81)66-93-99(88,89)95-70-76(97-80(85)64-57-50-43-36-30-24-18-15-21-27-33-39-46-53-60-73(6)7)68-91-78(83)62-55-48-41-34-28-22-16-13-19-25-31-37-44-51-58-71(2)3/h71-76,81H,8-70H2,1-7H3,(H,86,87)(H,88,89)/t74-,75+,76+/m0/s1. The fourth-order valence-corrected chi connectivity index (χ4v) is 13.9. The van der Waals surface area contributed by atoms with Crippen LogP contribution >= 0.6 is 15.6 Å². The van der Waals surface area contributed by atoms with Gasteiger partial charge in [0, 0.05) is 25.7 Å². The average molecular weight is 1450 g/mol. The lowest BCUT2D eigenvalue weighted by Gasteiger charge is -2.21. The molecule has 99 heavy (non-hydrogen) atoms. The topological polar surface area (TPSA) is 237 Å². The summed E-state index contributed by atoms with van der Waals surface area (Å²) in [5.41, 5.74) is 0. The molecule has 17 nitrogen and oxygen atoms in total. The van der Waals surface area contributed by atoms with Crippen LogP contribution in [-0.4, -0.2) is 96.7 Å². The number of aliphatic hydroxyl groups is 1. The molecule has 0 aliphatic heterocycles. The molecule has 0 saturated heterocycles. The molecule has 2 unspecified atom stereocenters. The molecule has 0 bridgehead atoms. The van der Waals surface area contributed by atoms with Gasteiger partial charge in [0.15, 0.2) is 12.2 Å². The monoisotopic (exact) mass is 1450 g/mol. The van der Waals surface area contributed by atoms with Gasteiger partial charge in [-0.1, -0.05) is 363 Å². The second-order valence-electron chi connectivity index (χ2n) is 30.2. The summed E-state index contributed by atoms with van der Waals surface area (Å²) in [4.78, 5) is 72.9. The number of carbonyl (C=O) groups is 4. The zero-order chi connectivity index (χ0) is 73.0. The summed E-state index contributed by atoms with van der Waals surface area (Å²) in [6.07, 6.45) is 58.3. The smallest absolute Gasteiger partial charge is 0.462 e. The van der Waals surface area contributed by atoms with Crippen molar-refractivity contribution in [2.45, 2.75) is 433 Å². The van der Waals surface area contributed by atoms with Crippen LogP contribution in [0.1, 0.15) is 414 Å². The van der Waals surface area contributed by atoms with Gasteiger partial charge in [-0.15, -0.1) is 0 Å². The first kappa shape index (κ1) is 97.1. The van der Waals surface area contributed by atoms with Crippen LogP contribution < -0.4 is 0 Å². The molecule has 3 N–H and O–H groups in total. The zero-order valence-electron chi connectivity index (χ0n) is 65.0. The fourth-order valence-electron chi connectivity index (χ4n) is 12.3. The van der Waals surface area contributed by atoms with E-state index in [0.29, 0.717) is 25.7 Å². The van der Waals surface area contributed by atoms with Crippen LogP contribution in [0.15, 0.2) is 0 Å². The molecule has 0 amide bonds. The lowest BCUT2D eigenvalue weighted by molar-refractivity contribution is -0.161. The highest BCUT2D eigenvalue weighted by Crippen LogP contribution is 2.45. The maximum atomic E-state index is 13.1. The summed E-state index contributed by atoms with van der Waals surface area (Å²) < 4.78 is 68.6. The number of esters is 4. The van der Waals surface area contributed by atoms with Crippen molar-refractivity contribution in [3.05, 3.63) is 0 Å². The molecule has 19 heteroatoms. The van der Waals surface area contributed by atoms with E-state index in [1.54, 1.807) is 0 Å². The largest absolute Gasteiger partial charge is 0.472 e. The van der Waals surface area contributed by atoms with Gasteiger partial charge in [0.05, 0.1) is 26.4 Å². The highest BCUT2D eigenvalue weighted by Gasteiger charge is 2.30. The first-order valence-electron chi connectivity index (χ1n) is 41.3. The van der Waals surface area contributed by atoms with E-state index < -0.39 is 97.5 Å². The summed E-state index contributed by atoms with van der Waals surface area (Å²) >= 11 is 0. The highest BCUT2D eigenvalue weighted by molar-refractivity contribution is 7.47. The summed E-state index contributed by atoms with van der Waals surface area (Å²) in [7, 11) is -9.92. The summed E-state index contributed by atoms with van der Waals surface area (Å²) in [6, 6.07) is 0. The van der Waals surface area contributed by atoms with Crippen molar-refractivity contribution in [3.63, 3.8) is 0 Å². The van der Waals surface area contributed by atoms with Gasteiger partial charge in [0.2, 0.25) is 0 Å². The van der Waals surface area contributed by atoms with Crippen LogP contribution in [0, 0.1) is 17.8 Å². The number of ether oxygens (including phenoxy) is 4. The molecular weight excluding hydrogens is 1290 g/mol. The Hall–Kier alpha value is -1.94. The third kappa shape index (κ3) is 74.1. The third-order valence-electron chi connectivity index (χ3n) is 18.6. The van der Waals surface area contributed by atoms with E-state index in [4.69, 9.17) is 37.0 Å². The van der Waals surface area contributed by atoms with Gasteiger partial charge in [0.25, 0.3) is 0 Å². The van der Waals surface area contributed by atoms with Gasteiger partial charge in [-0.3, -0.25) is 37.3 Å². The molecule has 588 valence electrons. The van der Waals surface area contributed by atoms with E-state index in [9.17, 15) is 43.2 Å². The molecule has 0 rings (SSSR count). The van der Waals surface area contributed by atoms with Gasteiger partial charge in [-0.05, 0) is 43.4 Å². The number of aliphatic hydroxyl groups excluding tert-OH is 1. The predicted molar refractivity (Wildman–Crippen MR) is 405 cm³/mol. The minimum atomic E-state index is -4.96. The van der Waals surface area contributed by atoms with Crippen molar-refractivity contribution in [2.24, 2.45) is 17.8 Å². The Morgan fingerprint density at radius 3 is 0.687 bits per heavy atom. The molecule has 0 aromatic rings. The summed E-state index contributed by atoms with van der Waals surface area (Å²) in [5.74, 6) is 0.276. The second-order valence-corrected chi connectivity index (χ2v) is 33.1. The number of rotatable bonds is 78. The van der Waals surface area contributed by atoms with Crippen molar-refractivity contribution in [3.8, 4) is 0 Å². The van der Waals surface area contributed by atoms with Crippen LogP contribution in [0.3, 0.4) is 0 Å². The molecule has 0 heterocycles. The Kier molecular flexibility index (Phi) is 69.0. The molecule has 0 aromatic carbocycles. The van der Waals surface area contributed by atoms with Crippen molar-refractivity contribution in [2.75, 3.05) is 39.6 Å². The number of carbonyl (C=O) groups excluding carboxylic acids is 4. The average Bonchev–Trinajstić information content (AvgIpc) is 0.970. The molecule has 0 aliphatic carbocycles. The molecule has 0 saturated carbocycles. The van der Waals surface area contributed by atoms with Crippen LogP contribution in [0.5, 0.6) is 0 Å². The molecule has 5 atom stereocenters. The maximum absolute atomic E-state index is 13.1. The van der Waals surface area contributed by atoms with E-state index in [0.717, 1.165) is 114 Å². The van der Waals surface area contributed by atoms with Crippen LogP contribution in [-0.2, 0) is 65.4 Å². The number of hydrogen-bond acceptors (Lipinski definition) is 15.